The molecule has 0 saturated carbocycles. The average Bonchev–Trinajstić information content (AvgIpc) is 3.22. The van der Waals surface area contributed by atoms with E-state index < -0.39 is 0 Å². The molecule has 0 aliphatic carbocycles. The van der Waals surface area contributed by atoms with Crippen LogP contribution in [0, 0.1) is 20.8 Å². The van der Waals surface area contributed by atoms with Gasteiger partial charge < -0.3 is 5.32 Å². The number of rotatable bonds is 9. The van der Waals surface area contributed by atoms with Crippen molar-refractivity contribution in [1.82, 2.24) is 14.7 Å². The van der Waals surface area contributed by atoms with Crippen LogP contribution in [0.1, 0.15) is 68.9 Å². The number of hydrogen-bond acceptors (Lipinski definition) is 4. The topological polar surface area (TPSA) is 84.3 Å². The van der Waals surface area contributed by atoms with Crippen molar-refractivity contribution in [2.24, 2.45) is 0 Å². The van der Waals surface area contributed by atoms with E-state index in [1.165, 1.54) is 10.5 Å². The summed E-state index contributed by atoms with van der Waals surface area (Å²) in [6.07, 6.45) is 2.49. The summed E-state index contributed by atoms with van der Waals surface area (Å²) in [5.41, 5.74) is 5.81. The number of carbonyl (C=O) groups is 3. The Balaban J connectivity index is 1.23. The fourth-order valence-corrected chi connectivity index (χ4v) is 4.27. The third kappa shape index (κ3) is 4.93. The molecule has 7 nitrogen and oxygen atoms in total. The molecule has 0 fully saturated rings. The van der Waals surface area contributed by atoms with Gasteiger partial charge in [0.1, 0.15) is 0 Å². The van der Waals surface area contributed by atoms with E-state index in [0.29, 0.717) is 43.5 Å². The molecule has 2 aromatic carbocycles. The first-order chi connectivity index (χ1) is 16.3. The molecule has 4 rings (SSSR count). The lowest BCUT2D eigenvalue weighted by Crippen LogP contribution is -2.30. The molecule has 0 radical (unpaired) electrons. The maximum Gasteiger partial charge on any atom is 0.261 e. The molecule has 1 aliphatic heterocycles. The Bertz CT molecular complexity index is 1190. The number of nitrogens with zero attached hydrogens (tertiary/aromatic N) is 3. The molecule has 3 aromatic rings. The number of aromatic nitrogens is 2. The second-order valence-electron chi connectivity index (χ2n) is 8.86. The van der Waals surface area contributed by atoms with Crippen LogP contribution < -0.4 is 5.32 Å². The van der Waals surface area contributed by atoms with Gasteiger partial charge in [0.05, 0.1) is 34.7 Å². The molecule has 3 amide bonds. The maximum absolute atomic E-state index is 12.5. The van der Waals surface area contributed by atoms with Crippen molar-refractivity contribution in [3.05, 3.63) is 82.2 Å². The van der Waals surface area contributed by atoms with E-state index >= 15 is 0 Å². The highest BCUT2D eigenvalue weighted by Gasteiger charge is 2.34. The smallest absolute Gasteiger partial charge is 0.261 e. The van der Waals surface area contributed by atoms with Crippen molar-refractivity contribution >= 4 is 23.4 Å². The van der Waals surface area contributed by atoms with E-state index in [4.69, 9.17) is 0 Å². The Morgan fingerprint density at radius 3 is 2.18 bits per heavy atom. The number of amides is 3. The zero-order chi connectivity index (χ0) is 24.2. The number of hydrogen-bond donors (Lipinski definition) is 1. The predicted molar refractivity (Wildman–Crippen MR) is 131 cm³/mol. The third-order valence-corrected chi connectivity index (χ3v) is 6.26. The van der Waals surface area contributed by atoms with Gasteiger partial charge in [-0.3, -0.25) is 24.0 Å². The van der Waals surface area contributed by atoms with E-state index in [1.54, 1.807) is 24.3 Å². The summed E-state index contributed by atoms with van der Waals surface area (Å²) in [6, 6.07) is 15.2. The summed E-state index contributed by atoms with van der Waals surface area (Å²) >= 11 is 0. The summed E-state index contributed by atoms with van der Waals surface area (Å²) in [5, 5.41) is 7.61. The van der Waals surface area contributed by atoms with Gasteiger partial charge in [-0.05, 0) is 51.3 Å². The van der Waals surface area contributed by atoms with Crippen molar-refractivity contribution in [3.63, 3.8) is 0 Å². The molecule has 0 unspecified atom stereocenters. The first kappa shape index (κ1) is 23.4. The van der Waals surface area contributed by atoms with Crippen LogP contribution in [-0.2, 0) is 11.3 Å². The molecule has 1 aliphatic rings. The predicted octanol–water partition coefficient (Wildman–Crippen LogP) is 4.65. The minimum atomic E-state index is -0.230. The van der Waals surface area contributed by atoms with Gasteiger partial charge in [0, 0.05) is 13.0 Å². The van der Waals surface area contributed by atoms with Gasteiger partial charge in [-0.2, -0.15) is 5.10 Å². The second-order valence-corrected chi connectivity index (χ2v) is 8.86. The molecule has 7 heteroatoms. The first-order valence-corrected chi connectivity index (χ1v) is 11.7. The van der Waals surface area contributed by atoms with Crippen LogP contribution in [0.4, 0.5) is 5.69 Å². The van der Waals surface area contributed by atoms with Crippen LogP contribution in [0.2, 0.25) is 0 Å². The van der Waals surface area contributed by atoms with Gasteiger partial charge in [-0.25, -0.2) is 0 Å². The van der Waals surface area contributed by atoms with Crippen LogP contribution in [-0.4, -0.2) is 38.9 Å². The number of fused-ring (bicyclic) bond motifs is 1. The fourth-order valence-electron chi connectivity index (χ4n) is 4.27. The Morgan fingerprint density at radius 1 is 0.882 bits per heavy atom. The lowest BCUT2D eigenvalue weighted by molar-refractivity contribution is -0.116. The van der Waals surface area contributed by atoms with E-state index in [2.05, 4.69) is 41.6 Å². The number of anilines is 1. The Kier molecular flexibility index (Phi) is 6.91. The van der Waals surface area contributed by atoms with Gasteiger partial charge in [0.2, 0.25) is 5.91 Å². The highest BCUT2D eigenvalue weighted by molar-refractivity contribution is 6.21. The van der Waals surface area contributed by atoms with Crippen molar-refractivity contribution in [2.45, 2.75) is 53.0 Å². The normalized spacial score (nSPS) is 12.9. The minimum Gasteiger partial charge on any atom is -0.323 e. The highest BCUT2D eigenvalue weighted by atomic mass is 16.2. The van der Waals surface area contributed by atoms with Crippen molar-refractivity contribution in [1.29, 1.82) is 0 Å². The number of nitrogens with one attached hydrogen (secondary N) is 1. The van der Waals surface area contributed by atoms with Crippen LogP contribution >= 0.6 is 0 Å². The first-order valence-electron chi connectivity index (χ1n) is 11.7. The molecular weight excluding hydrogens is 428 g/mol. The molecule has 1 N–H and O–H groups in total. The minimum absolute atomic E-state index is 0.0539. The summed E-state index contributed by atoms with van der Waals surface area (Å²) in [6.45, 7) is 6.95. The largest absolute Gasteiger partial charge is 0.323 e. The van der Waals surface area contributed by atoms with E-state index in [-0.39, 0.29) is 17.7 Å². The van der Waals surface area contributed by atoms with Crippen LogP contribution in [0.5, 0.6) is 0 Å². The number of aryl methyl sites for hydroxylation is 2. The SMILES string of the molecule is Cc1ccc(Cn2nc(C)c(NC(=O)CCCCCN3C(=O)c4ccccc4C3=O)c2C)cc1. The molecule has 0 atom stereocenters. The van der Waals surface area contributed by atoms with Gasteiger partial charge in [0.25, 0.3) is 11.8 Å². The number of unbranched alkanes of at least 4 members (excludes halogenated alkanes) is 2. The summed E-state index contributed by atoms with van der Waals surface area (Å²) in [7, 11) is 0. The average molecular weight is 459 g/mol. The zero-order valence-electron chi connectivity index (χ0n) is 19.9. The lowest BCUT2D eigenvalue weighted by Gasteiger charge is -2.13. The van der Waals surface area contributed by atoms with E-state index in [1.807, 2.05) is 18.5 Å². The third-order valence-electron chi connectivity index (χ3n) is 6.26. The molecule has 0 spiro atoms. The van der Waals surface area contributed by atoms with Gasteiger partial charge in [-0.15, -0.1) is 0 Å². The van der Waals surface area contributed by atoms with Crippen molar-refractivity contribution in [2.75, 3.05) is 11.9 Å². The molecule has 2 heterocycles. The lowest BCUT2D eigenvalue weighted by atomic mass is 10.1. The van der Waals surface area contributed by atoms with Gasteiger partial charge in [-0.1, -0.05) is 48.4 Å². The summed E-state index contributed by atoms with van der Waals surface area (Å²) in [5.74, 6) is -0.513. The molecular formula is C27H30N4O3. The monoisotopic (exact) mass is 458 g/mol. The Morgan fingerprint density at radius 2 is 1.53 bits per heavy atom. The number of imide groups is 1. The maximum atomic E-state index is 12.5. The van der Waals surface area contributed by atoms with E-state index in [0.717, 1.165) is 29.1 Å². The Labute approximate surface area is 199 Å². The fraction of sp³-hybridized carbons (Fsp3) is 0.333. The second kappa shape index (κ2) is 10.0. The summed E-state index contributed by atoms with van der Waals surface area (Å²) in [4.78, 5) is 38.7. The van der Waals surface area contributed by atoms with Crippen LogP contribution in [0.15, 0.2) is 48.5 Å². The molecule has 0 bridgehead atoms. The van der Waals surface area contributed by atoms with E-state index in [9.17, 15) is 14.4 Å². The van der Waals surface area contributed by atoms with Gasteiger partial charge >= 0.3 is 0 Å². The van der Waals surface area contributed by atoms with Gasteiger partial charge in [0.15, 0.2) is 0 Å². The zero-order valence-corrected chi connectivity index (χ0v) is 19.9. The number of carbonyl (C=O) groups excluding carboxylic acids is 3. The van der Waals surface area contributed by atoms with Crippen LogP contribution in [0.25, 0.3) is 0 Å². The number of benzene rings is 2. The molecule has 34 heavy (non-hydrogen) atoms. The van der Waals surface area contributed by atoms with Crippen LogP contribution in [0.3, 0.4) is 0 Å². The molecule has 0 saturated heterocycles. The van der Waals surface area contributed by atoms with Crippen molar-refractivity contribution in [3.8, 4) is 0 Å². The quantitative estimate of drug-likeness (QED) is 0.374. The Hall–Kier alpha value is -3.74. The highest BCUT2D eigenvalue weighted by Crippen LogP contribution is 2.23. The standard InChI is InChI=1S/C27H30N4O3/c1-18-12-14-21(15-13-18)17-31-20(3)25(19(2)29-31)28-24(32)11-5-4-8-16-30-26(33)22-9-6-7-10-23(22)27(30)34/h6-7,9-10,12-15H,4-5,8,11,16-17H2,1-3H3,(H,28,32). The molecule has 1 aromatic heterocycles. The van der Waals surface area contributed by atoms with Crippen molar-refractivity contribution < 1.29 is 14.4 Å². The molecule has 176 valence electrons. The summed E-state index contributed by atoms with van der Waals surface area (Å²) < 4.78 is 1.91.